The number of nitrogens with two attached hydrogens (primary N) is 1. The zero-order valence-corrected chi connectivity index (χ0v) is 9.46. The van der Waals surface area contributed by atoms with E-state index in [-0.39, 0.29) is 5.70 Å². The van der Waals surface area contributed by atoms with Crippen LogP contribution in [-0.4, -0.2) is 18.7 Å². The normalized spacial score (nSPS) is 13.7. The lowest BCUT2D eigenvalue weighted by Gasteiger charge is -2.06. The summed E-state index contributed by atoms with van der Waals surface area (Å²) < 4.78 is 18.0. The first-order valence-electron chi connectivity index (χ1n) is 5.39. The summed E-state index contributed by atoms with van der Waals surface area (Å²) in [5.41, 5.74) is 5.35. The van der Waals surface area contributed by atoms with Crippen LogP contribution in [0.1, 0.15) is 39.5 Å². The number of unbranched alkanes of at least 4 members (excludes halogenated alkanes) is 1. The van der Waals surface area contributed by atoms with Gasteiger partial charge < -0.3 is 10.5 Å². The number of ether oxygens (including phenoxy) is 1. The molecule has 0 aromatic rings. The van der Waals surface area contributed by atoms with Crippen LogP contribution in [0.3, 0.4) is 0 Å². The molecule has 0 aromatic carbocycles. The molecule has 0 heterocycles. The number of hydrogen-bond acceptors (Lipinski definition) is 3. The predicted molar refractivity (Wildman–Crippen MR) is 57.9 cm³/mol. The highest BCUT2D eigenvalue weighted by Crippen LogP contribution is 2.08. The first-order valence-corrected chi connectivity index (χ1v) is 5.39. The molecule has 2 N–H and O–H groups in total. The molecule has 4 heteroatoms. The average Bonchev–Trinajstić information content (AvgIpc) is 2.18. The molecular formula is C11H20FNO2. The van der Waals surface area contributed by atoms with Gasteiger partial charge in [-0.05, 0) is 12.8 Å². The zero-order valence-electron chi connectivity index (χ0n) is 9.46. The van der Waals surface area contributed by atoms with E-state index in [9.17, 15) is 9.18 Å². The van der Waals surface area contributed by atoms with Crippen molar-refractivity contribution in [3.63, 3.8) is 0 Å². The van der Waals surface area contributed by atoms with Gasteiger partial charge in [0.25, 0.3) is 0 Å². The van der Waals surface area contributed by atoms with Crippen LogP contribution < -0.4 is 5.73 Å². The van der Waals surface area contributed by atoms with Crippen LogP contribution in [-0.2, 0) is 9.53 Å². The Morgan fingerprint density at radius 1 is 1.47 bits per heavy atom. The van der Waals surface area contributed by atoms with Gasteiger partial charge in [-0.1, -0.05) is 26.7 Å². The molecule has 0 bridgehead atoms. The summed E-state index contributed by atoms with van der Waals surface area (Å²) in [5, 5.41) is 0. The Hall–Kier alpha value is -1.06. The van der Waals surface area contributed by atoms with Gasteiger partial charge in [0.2, 0.25) is 0 Å². The maximum Gasteiger partial charge on any atom is 0.332 e. The van der Waals surface area contributed by atoms with E-state index >= 15 is 0 Å². The average molecular weight is 217 g/mol. The zero-order chi connectivity index (χ0) is 11.7. The number of esters is 1. The molecule has 0 saturated heterocycles. The van der Waals surface area contributed by atoms with Crippen molar-refractivity contribution in [2.75, 3.05) is 6.61 Å². The molecule has 15 heavy (non-hydrogen) atoms. The van der Waals surface area contributed by atoms with E-state index in [2.05, 4.69) is 0 Å². The van der Waals surface area contributed by atoms with E-state index in [1.807, 2.05) is 13.8 Å². The van der Waals surface area contributed by atoms with E-state index in [1.54, 1.807) is 0 Å². The van der Waals surface area contributed by atoms with Crippen molar-refractivity contribution < 1.29 is 13.9 Å². The van der Waals surface area contributed by atoms with Crippen molar-refractivity contribution in [2.45, 2.75) is 45.7 Å². The predicted octanol–water partition coefficient (Wildman–Crippen LogP) is 2.31. The van der Waals surface area contributed by atoms with Gasteiger partial charge >= 0.3 is 5.97 Å². The fourth-order valence-corrected chi connectivity index (χ4v) is 1.01. The van der Waals surface area contributed by atoms with Crippen molar-refractivity contribution in [3.05, 3.63) is 11.8 Å². The number of hydrogen-bond donors (Lipinski definition) is 1. The van der Waals surface area contributed by atoms with Gasteiger partial charge in [0.15, 0.2) is 0 Å². The minimum atomic E-state index is -1.24. The highest BCUT2D eigenvalue weighted by Gasteiger charge is 2.10. The Labute approximate surface area is 90.5 Å². The Morgan fingerprint density at radius 2 is 2.13 bits per heavy atom. The number of alkyl halides is 1. The van der Waals surface area contributed by atoms with E-state index in [0.29, 0.717) is 19.4 Å². The van der Waals surface area contributed by atoms with Gasteiger partial charge in [0.05, 0.1) is 12.3 Å². The standard InChI is InChI=1S/C11H20FNO2/c1-3-5-7-15-11(14)8-10(13)9(12)6-4-2/h8-9H,3-7,13H2,1-2H3. The Kier molecular flexibility index (Phi) is 7.68. The molecule has 3 nitrogen and oxygen atoms in total. The molecule has 0 radical (unpaired) electrons. The maximum absolute atomic E-state index is 13.1. The summed E-state index contributed by atoms with van der Waals surface area (Å²) in [7, 11) is 0. The van der Waals surface area contributed by atoms with E-state index in [4.69, 9.17) is 10.5 Å². The van der Waals surface area contributed by atoms with Crippen molar-refractivity contribution in [3.8, 4) is 0 Å². The second-order valence-corrected chi connectivity index (χ2v) is 3.42. The SMILES string of the molecule is CCCCOC(=O)C=C(N)C(F)CCC. The van der Waals surface area contributed by atoms with Crippen LogP contribution in [0, 0.1) is 0 Å². The molecule has 0 saturated carbocycles. The second kappa shape index (κ2) is 8.26. The molecule has 0 aliphatic carbocycles. The summed E-state index contributed by atoms with van der Waals surface area (Å²) in [5.74, 6) is -0.556. The summed E-state index contributed by atoms with van der Waals surface area (Å²) in [6, 6.07) is 0. The lowest BCUT2D eigenvalue weighted by molar-refractivity contribution is -0.137. The van der Waals surface area contributed by atoms with Crippen molar-refractivity contribution in [1.82, 2.24) is 0 Å². The molecule has 1 atom stereocenters. The number of carbonyl (C=O) groups is 1. The number of allylic oxidation sites excluding steroid dienone is 1. The third kappa shape index (κ3) is 6.94. The first-order chi connectivity index (χ1) is 7.11. The lowest BCUT2D eigenvalue weighted by atomic mass is 10.2. The third-order valence-electron chi connectivity index (χ3n) is 1.93. The molecule has 0 aromatic heterocycles. The minimum absolute atomic E-state index is 0.0432. The summed E-state index contributed by atoms with van der Waals surface area (Å²) in [6.45, 7) is 4.22. The monoisotopic (exact) mass is 217 g/mol. The molecule has 0 aliphatic heterocycles. The Bertz CT molecular complexity index is 217. The van der Waals surface area contributed by atoms with Crippen LogP contribution in [0.15, 0.2) is 11.8 Å². The maximum atomic E-state index is 13.1. The van der Waals surface area contributed by atoms with Crippen molar-refractivity contribution >= 4 is 5.97 Å². The molecule has 0 aliphatic rings. The van der Waals surface area contributed by atoms with Crippen LogP contribution in [0.2, 0.25) is 0 Å². The van der Waals surface area contributed by atoms with Crippen LogP contribution in [0.25, 0.3) is 0 Å². The fourth-order valence-electron chi connectivity index (χ4n) is 1.01. The Morgan fingerprint density at radius 3 is 2.67 bits per heavy atom. The molecule has 1 unspecified atom stereocenters. The molecule has 0 amide bonds. The van der Waals surface area contributed by atoms with Crippen molar-refractivity contribution in [2.24, 2.45) is 5.73 Å². The molecule has 0 fully saturated rings. The minimum Gasteiger partial charge on any atom is -0.462 e. The molecule has 88 valence electrons. The van der Waals surface area contributed by atoms with Gasteiger partial charge in [0.1, 0.15) is 6.17 Å². The lowest BCUT2D eigenvalue weighted by Crippen LogP contribution is -2.15. The topological polar surface area (TPSA) is 52.3 Å². The number of halogens is 1. The largest absolute Gasteiger partial charge is 0.462 e. The number of rotatable bonds is 7. The van der Waals surface area contributed by atoms with Gasteiger partial charge in [-0.2, -0.15) is 0 Å². The van der Waals surface area contributed by atoms with E-state index in [1.165, 1.54) is 0 Å². The highest BCUT2D eigenvalue weighted by molar-refractivity contribution is 5.82. The van der Waals surface area contributed by atoms with Gasteiger partial charge in [-0.25, -0.2) is 9.18 Å². The summed E-state index contributed by atoms with van der Waals surface area (Å²) in [4.78, 5) is 11.1. The fraction of sp³-hybridized carbons (Fsp3) is 0.727. The smallest absolute Gasteiger partial charge is 0.332 e. The molecule has 0 spiro atoms. The van der Waals surface area contributed by atoms with Crippen molar-refractivity contribution in [1.29, 1.82) is 0 Å². The van der Waals surface area contributed by atoms with Crippen LogP contribution >= 0.6 is 0 Å². The van der Waals surface area contributed by atoms with E-state index in [0.717, 1.165) is 18.9 Å². The van der Waals surface area contributed by atoms with Gasteiger partial charge in [-0.15, -0.1) is 0 Å². The quantitative estimate of drug-likeness (QED) is 0.404. The van der Waals surface area contributed by atoms with Gasteiger partial charge in [0, 0.05) is 6.08 Å². The summed E-state index contributed by atoms with van der Waals surface area (Å²) in [6.07, 6.45) is 2.59. The summed E-state index contributed by atoms with van der Waals surface area (Å²) >= 11 is 0. The van der Waals surface area contributed by atoms with E-state index < -0.39 is 12.1 Å². The third-order valence-corrected chi connectivity index (χ3v) is 1.93. The first kappa shape index (κ1) is 13.9. The molecule has 0 rings (SSSR count). The van der Waals surface area contributed by atoms with Crippen LogP contribution in [0.5, 0.6) is 0 Å². The molecular weight excluding hydrogens is 197 g/mol. The Balaban J connectivity index is 3.94. The second-order valence-electron chi connectivity index (χ2n) is 3.42. The number of carbonyl (C=O) groups excluding carboxylic acids is 1. The van der Waals surface area contributed by atoms with Crippen LogP contribution in [0.4, 0.5) is 4.39 Å². The highest BCUT2D eigenvalue weighted by atomic mass is 19.1. The van der Waals surface area contributed by atoms with Gasteiger partial charge in [-0.3, -0.25) is 0 Å².